The smallest absolute Gasteiger partial charge is 0.325 e. The Kier molecular flexibility index (Phi) is 1.45. The summed E-state index contributed by atoms with van der Waals surface area (Å²) in [5, 5.41) is 0. The number of esters is 1. The quantitative estimate of drug-likeness (QED) is 0.426. The Bertz CT molecular complexity index is 167. The van der Waals surface area contributed by atoms with Crippen molar-refractivity contribution in [2.24, 2.45) is 11.5 Å². The summed E-state index contributed by atoms with van der Waals surface area (Å²) in [4.78, 5) is 10.8. The second-order valence-corrected chi connectivity index (χ2v) is 3.08. The van der Waals surface area contributed by atoms with E-state index < -0.39 is 17.6 Å². The van der Waals surface area contributed by atoms with Gasteiger partial charge in [0.2, 0.25) is 0 Å². The molecule has 0 bridgehead atoms. The highest BCUT2D eigenvalue weighted by atomic mass is 16.6. The average molecular weight is 144 g/mol. The minimum Gasteiger partial charge on any atom is -0.457 e. The van der Waals surface area contributed by atoms with Crippen LogP contribution in [0.15, 0.2) is 0 Å². The topological polar surface area (TPSA) is 78.3 Å². The van der Waals surface area contributed by atoms with Gasteiger partial charge in [-0.25, -0.2) is 0 Å². The second kappa shape index (κ2) is 1.93. The molecule has 4 nitrogen and oxygen atoms in total. The van der Waals surface area contributed by atoms with Crippen molar-refractivity contribution in [3.63, 3.8) is 0 Å². The van der Waals surface area contributed by atoms with Crippen molar-refractivity contribution in [3.8, 4) is 0 Å². The van der Waals surface area contributed by atoms with Gasteiger partial charge in [-0.1, -0.05) is 0 Å². The Labute approximate surface area is 59.5 Å². The molecular weight excluding hydrogens is 132 g/mol. The van der Waals surface area contributed by atoms with Crippen LogP contribution in [0.5, 0.6) is 0 Å². The van der Waals surface area contributed by atoms with E-state index in [9.17, 15) is 4.79 Å². The molecule has 10 heavy (non-hydrogen) atoms. The van der Waals surface area contributed by atoms with Crippen LogP contribution in [0.1, 0.15) is 13.8 Å². The summed E-state index contributed by atoms with van der Waals surface area (Å²) in [7, 11) is 0. The van der Waals surface area contributed by atoms with Gasteiger partial charge >= 0.3 is 5.97 Å². The molecule has 2 atom stereocenters. The maximum atomic E-state index is 10.8. The fourth-order valence-corrected chi connectivity index (χ4v) is 0.974. The predicted octanol–water partition coefficient (Wildman–Crippen LogP) is -1.02. The lowest BCUT2D eigenvalue weighted by Gasteiger charge is -2.21. The van der Waals surface area contributed by atoms with Crippen LogP contribution >= 0.6 is 0 Å². The van der Waals surface area contributed by atoms with Gasteiger partial charge in [0.15, 0.2) is 0 Å². The lowest BCUT2D eigenvalue weighted by molar-refractivity contribution is -0.146. The number of ether oxygens (including phenoxy) is 1. The van der Waals surface area contributed by atoms with Gasteiger partial charge in [-0.2, -0.15) is 0 Å². The van der Waals surface area contributed by atoms with E-state index in [0.29, 0.717) is 0 Å². The van der Waals surface area contributed by atoms with Crippen molar-refractivity contribution in [1.29, 1.82) is 0 Å². The van der Waals surface area contributed by atoms with E-state index in [-0.39, 0.29) is 6.04 Å². The zero-order chi connectivity index (χ0) is 7.94. The summed E-state index contributed by atoms with van der Waals surface area (Å²) < 4.78 is 4.88. The monoisotopic (exact) mass is 144 g/mol. The van der Waals surface area contributed by atoms with Gasteiger partial charge in [-0.3, -0.25) is 4.79 Å². The molecule has 4 heteroatoms. The van der Waals surface area contributed by atoms with E-state index in [1.54, 1.807) is 13.8 Å². The van der Waals surface area contributed by atoms with E-state index >= 15 is 0 Å². The third-order valence-electron chi connectivity index (χ3n) is 1.83. The molecule has 0 aromatic heterocycles. The number of rotatable bonds is 0. The van der Waals surface area contributed by atoms with Crippen LogP contribution in [-0.4, -0.2) is 23.7 Å². The number of hydrogen-bond donors (Lipinski definition) is 2. The molecule has 0 spiro atoms. The summed E-state index contributed by atoms with van der Waals surface area (Å²) in [6.07, 6.45) is 0. The molecule has 0 amide bonds. The van der Waals surface area contributed by atoms with Gasteiger partial charge in [0.1, 0.15) is 11.6 Å². The molecule has 0 aliphatic carbocycles. The van der Waals surface area contributed by atoms with Crippen LogP contribution in [0.2, 0.25) is 0 Å². The van der Waals surface area contributed by atoms with Gasteiger partial charge in [-0.05, 0) is 13.8 Å². The first kappa shape index (κ1) is 7.50. The summed E-state index contributed by atoms with van der Waals surface area (Å²) in [5.41, 5.74) is 10.4. The summed E-state index contributed by atoms with van der Waals surface area (Å²) in [6, 6.07) is -1.05. The molecule has 1 heterocycles. The number of nitrogens with two attached hydrogens (primary N) is 2. The van der Waals surface area contributed by atoms with Crippen LogP contribution in [0.25, 0.3) is 0 Å². The van der Waals surface area contributed by atoms with Gasteiger partial charge in [0.05, 0.1) is 6.04 Å². The highest BCUT2D eigenvalue weighted by molar-refractivity contribution is 5.79. The molecule has 0 saturated carbocycles. The van der Waals surface area contributed by atoms with Crippen molar-refractivity contribution < 1.29 is 9.53 Å². The lowest BCUT2D eigenvalue weighted by atomic mass is 9.97. The van der Waals surface area contributed by atoms with E-state index in [4.69, 9.17) is 16.2 Å². The van der Waals surface area contributed by atoms with Crippen molar-refractivity contribution in [2.45, 2.75) is 31.5 Å². The van der Waals surface area contributed by atoms with Crippen molar-refractivity contribution >= 4 is 5.97 Å². The highest BCUT2D eigenvalue weighted by Crippen LogP contribution is 2.23. The molecule has 58 valence electrons. The predicted molar refractivity (Wildman–Crippen MR) is 36.1 cm³/mol. The Morgan fingerprint density at radius 3 is 2.10 bits per heavy atom. The number of carbonyl (C=O) groups is 1. The molecule has 1 aliphatic heterocycles. The molecule has 1 saturated heterocycles. The maximum absolute atomic E-state index is 10.8. The number of hydrogen-bond acceptors (Lipinski definition) is 4. The van der Waals surface area contributed by atoms with E-state index in [2.05, 4.69) is 0 Å². The van der Waals surface area contributed by atoms with Gasteiger partial charge in [0.25, 0.3) is 0 Å². The Morgan fingerprint density at radius 1 is 1.50 bits per heavy atom. The minimum atomic E-state index is -0.657. The SMILES string of the molecule is CC1(C)OC(=O)[C@H](N)[C@H]1N. The van der Waals surface area contributed by atoms with Crippen molar-refractivity contribution in [2.75, 3.05) is 0 Å². The first-order valence-corrected chi connectivity index (χ1v) is 3.19. The first-order valence-electron chi connectivity index (χ1n) is 3.19. The molecule has 1 aliphatic rings. The fraction of sp³-hybridized carbons (Fsp3) is 0.833. The van der Waals surface area contributed by atoms with E-state index in [1.807, 2.05) is 0 Å². The molecule has 0 aromatic carbocycles. The average Bonchev–Trinajstić information content (AvgIpc) is 1.95. The number of carbonyl (C=O) groups excluding carboxylic acids is 1. The van der Waals surface area contributed by atoms with E-state index in [0.717, 1.165) is 0 Å². The normalized spacial score (nSPS) is 37.8. The Hall–Kier alpha value is -0.610. The molecule has 1 fully saturated rings. The fourth-order valence-electron chi connectivity index (χ4n) is 0.974. The standard InChI is InChI=1S/C6H12N2O2/c1-6(2)4(8)3(7)5(9)10-6/h3-4H,7-8H2,1-2H3/t3-,4-/m1/s1. The first-order chi connectivity index (χ1) is 4.45. The summed E-state index contributed by atoms with van der Waals surface area (Å²) >= 11 is 0. The van der Waals surface area contributed by atoms with Crippen molar-refractivity contribution in [3.05, 3.63) is 0 Å². The molecule has 0 aromatic rings. The van der Waals surface area contributed by atoms with Crippen LogP contribution in [0.3, 0.4) is 0 Å². The maximum Gasteiger partial charge on any atom is 0.325 e. The Morgan fingerprint density at radius 2 is 2.00 bits per heavy atom. The van der Waals surface area contributed by atoms with Gasteiger partial charge < -0.3 is 16.2 Å². The second-order valence-electron chi connectivity index (χ2n) is 3.08. The Balaban J connectivity index is 2.81. The van der Waals surface area contributed by atoms with Crippen LogP contribution in [0, 0.1) is 0 Å². The van der Waals surface area contributed by atoms with E-state index in [1.165, 1.54) is 0 Å². The molecule has 4 N–H and O–H groups in total. The third kappa shape index (κ3) is 0.892. The lowest BCUT2D eigenvalue weighted by Crippen LogP contribution is -2.49. The molecule has 0 radical (unpaired) electrons. The zero-order valence-corrected chi connectivity index (χ0v) is 6.13. The minimum absolute atomic E-state index is 0.389. The molecule has 1 rings (SSSR count). The molecule has 0 unspecified atom stereocenters. The summed E-state index contributed by atoms with van der Waals surface area (Å²) in [5.74, 6) is -0.405. The van der Waals surface area contributed by atoms with Crippen LogP contribution in [0.4, 0.5) is 0 Å². The van der Waals surface area contributed by atoms with Crippen LogP contribution < -0.4 is 11.5 Å². The zero-order valence-electron chi connectivity index (χ0n) is 6.13. The molecular formula is C6H12N2O2. The summed E-state index contributed by atoms with van der Waals surface area (Å²) in [6.45, 7) is 3.50. The highest BCUT2D eigenvalue weighted by Gasteiger charge is 2.45. The largest absolute Gasteiger partial charge is 0.457 e. The number of cyclic esters (lactones) is 1. The van der Waals surface area contributed by atoms with Gasteiger partial charge in [0, 0.05) is 0 Å². The third-order valence-corrected chi connectivity index (χ3v) is 1.83. The van der Waals surface area contributed by atoms with Crippen molar-refractivity contribution in [1.82, 2.24) is 0 Å². The van der Waals surface area contributed by atoms with Gasteiger partial charge in [-0.15, -0.1) is 0 Å². The van der Waals surface area contributed by atoms with Crippen LogP contribution in [-0.2, 0) is 9.53 Å².